The van der Waals surface area contributed by atoms with Crippen LogP contribution in [-0.4, -0.2) is 0 Å². The minimum atomic E-state index is 1.11. The summed E-state index contributed by atoms with van der Waals surface area (Å²) in [4.78, 5) is 0. The van der Waals surface area contributed by atoms with Crippen LogP contribution in [0, 0.1) is 13.8 Å². The van der Waals surface area contributed by atoms with E-state index >= 15 is 0 Å². The van der Waals surface area contributed by atoms with Crippen LogP contribution < -0.4 is 0 Å². The van der Waals surface area contributed by atoms with Crippen LogP contribution in [0.2, 0.25) is 0 Å². The lowest BCUT2D eigenvalue weighted by Gasteiger charge is -2.11. The van der Waals surface area contributed by atoms with E-state index in [4.69, 9.17) is 0 Å². The van der Waals surface area contributed by atoms with E-state index in [2.05, 4.69) is 63.2 Å². The van der Waals surface area contributed by atoms with E-state index in [-0.39, 0.29) is 0 Å². The smallest absolute Gasteiger partial charge is 0.00577 e. The summed E-state index contributed by atoms with van der Waals surface area (Å²) < 4.78 is 0. The van der Waals surface area contributed by atoms with E-state index in [1.54, 1.807) is 0 Å². The Balaban J connectivity index is 2.19. The second-order valence-electron chi connectivity index (χ2n) is 5.36. The molecule has 1 aliphatic rings. The third-order valence-electron chi connectivity index (χ3n) is 3.80. The van der Waals surface area contributed by atoms with Crippen LogP contribution in [0.3, 0.4) is 0 Å². The summed E-state index contributed by atoms with van der Waals surface area (Å²) in [6.07, 6.45) is 3.46. The van der Waals surface area contributed by atoms with Crippen molar-refractivity contribution in [3.05, 3.63) is 64.2 Å². The van der Waals surface area contributed by atoms with E-state index in [1.807, 2.05) is 0 Å². The van der Waals surface area contributed by atoms with Crippen LogP contribution in [0.1, 0.15) is 29.2 Å². The minimum absolute atomic E-state index is 1.11. The number of allylic oxidation sites excluding steroid dienone is 1. The molecule has 0 atom stereocenters. The Labute approximate surface area is 109 Å². The molecule has 0 nitrogen and oxygen atoms in total. The second kappa shape index (κ2) is 4.13. The van der Waals surface area contributed by atoms with Crippen LogP contribution in [0.4, 0.5) is 0 Å². The molecule has 1 aliphatic carbocycles. The van der Waals surface area contributed by atoms with Gasteiger partial charge >= 0.3 is 0 Å². The van der Waals surface area contributed by atoms with Gasteiger partial charge in [0.05, 0.1) is 0 Å². The van der Waals surface area contributed by atoms with Gasteiger partial charge in [0.25, 0.3) is 0 Å². The van der Waals surface area contributed by atoms with E-state index in [0.717, 1.165) is 6.42 Å². The molecular weight excluding hydrogens is 216 g/mol. The van der Waals surface area contributed by atoms with Gasteiger partial charge in [-0.1, -0.05) is 53.6 Å². The average Bonchev–Trinajstić information content (AvgIpc) is 2.74. The zero-order chi connectivity index (χ0) is 12.7. The van der Waals surface area contributed by atoms with Gasteiger partial charge in [-0.3, -0.25) is 0 Å². The number of aryl methyl sites for hydroxylation is 2. The lowest BCUT2D eigenvalue weighted by Crippen LogP contribution is -1.91. The van der Waals surface area contributed by atoms with E-state index < -0.39 is 0 Å². The first-order valence-corrected chi connectivity index (χ1v) is 6.52. The first kappa shape index (κ1) is 11.3. The minimum Gasteiger partial charge on any atom is -0.0683 e. The number of benzene rings is 2. The molecule has 0 aromatic heterocycles. The summed E-state index contributed by atoms with van der Waals surface area (Å²) in [5, 5.41) is 0. The third kappa shape index (κ3) is 1.78. The van der Waals surface area contributed by atoms with Gasteiger partial charge in [-0.15, -0.1) is 0 Å². The van der Waals surface area contributed by atoms with Crippen molar-refractivity contribution in [2.24, 2.45) is 0 Å². The van der Waals surface area contributed by atoms with Crippen molar-refractivity contribution in [2.75, 3.05) is 0 Å². The normalized spacial score (nSPS) is 13.4. The van der Waals surface area contributed by atoms with Crippen molar-refractivity contribution in [3.63, 3.8) is 0 Å². The first-order chi connectivity index (χ1) is 8.65. The number of hydrogen-bond acceptors (Lipinski definition) is 0. The Morgan fingerprint density at radius 2 is 1.56 bits per heavy atom. The molecule has 0 saturated carbocycles. The molecule has 0 heteroatoms. The maximum Gasteiger partial charge on any atom is -0.00577 e. The van der Waals surface area contributed by atoms with E-state index in [1.165, 1.54) is 39.0 Å². The van der Waals surface area contributed by atoms with Gasteiger partial charge in [0.15, 0.2) is 0 Å². The highest BCUT2D eigenvalue weighted by Gasteiger charge is 2.16. The molecule has 0 spiro atoms. The van der Waals surface area contributed by atoms with Crippen LogP contribution in [-0.2, 0) is 6.42 Å². The molecule has 0 fully saturated rings. The highest BCUT2D eigenvalue weighted by molar-refractivity contribution is 5.81. The maximum atomic E-state index is 2.34. The van der Waals surface area contributed by atoms with Gasteiger partial charge < -0.3 is 0 Å². The molecule has 0 bridgehead atoms. The Hall–Kier alpha value is -1.82. The summed E-state index contributed by atoms with van der Waals surface area (Å²) >= 11 is 0. The van der Waals surface area contributed by atoms with Crippen LogP contribution in [0.5, 0.6) is 0 Å². The average molecular weight is 234 g/mol. The van der Waals surface area contributed by atoms with Crippen molar-refractivity contribution in [2.45, 2.75) is 27.2 Å². The fraction of sp³-hybridized carbons (Fsp3) is 0.222. The fourth-order valence-corrected chi connectivity index (χ4v) is 2.73. The van der Waals surface area contributed by atoms with Gasteiger partial charge in [-0.25, -0.2) is 0 Å². The van der Waals surface area contributed by atoms with E-state index in [0.29, 0.717) is 0 Å². The van der Waals surface area contributed by atoms with Crippen molar-refractivity contribution in [3.8, 4) is 11.1 Å². The Kier molecular flexibility index (Phi) is 2.59. The molecule has 0 saturated heterocycles. The molecule has 0 heterocycles. The summed E-state index contributed by atoms with van der Waals surface area (Å²) in [5.41, 5.74) is 9.81. The predicted molar refractivity (Wildman–Crippen MR) is 78.7 cm³/mol. The van der Waals surface area contributed by atoms with Crippen molar-refractivity contribution < 1.29 is 0 Å². The van der Waals surface area contributed by atoms with Gasteiger partial charge in [0.2, 0.25) is 0 Å². The molecule has 0 aliphatic heterocycles. The number of hydrogen-bond donors (Lipinski definition) is 0. The SMILES string of the molecule is CC1=Cc2c(-c3ccc(C)cc3)ccc(C)c2C1. The zero-order valence-corrected chi connectivity index (χ0v) is 11.2. The van der Waals surface area contributed by atoms with Crippen LogP contribution in [0.25, 0.3) is 17.2 Å². The third-order valence-corrected chi connectivity index (χ3v) is 3.80. The van der Waals surface area contributed by atoms with Crippen molar-refractivity contribution >= 4 is 6.08 Å². The first-order valence-electron chi connectivity index (χ1n) is 6.52. The van der Waals surface area contributed by atoms with Gasteiger partial charge in [-0.2, -0.15) is 0 Å². The van der Waals surface area contributed by atoms with Crippen molar-refractivity contribution in [1.82, 2.24) is 0 Å². The number of rotatable bonds is 1. The van der Waals surface area contributed by atoms with Crippen LogP contribution in [0.15, 0.2) is 42.0 Å². The molecule has 18 heavy (non-hydrogen) atoms. The monoisotopic (exact) mass is 234 g/mol. The quantitative estimate of drug-likeness (QED) is 0.656. The van der Waals surface area contributed by atoms with E-state index in [9.17, 15) is 0 Å². The lowest BCUT2D eigenvalue weighted by molar-refractivity contribution is 1.16. The van der Waals surface area contributed by atoms with Crippen LogP contribution >= 0.6 is 0 Å². The molecule has 0 N–H and O–H groups in total. The predicted octanol–water partition coefficient (Wildman–Crippen LogP) is 4.93. The molecule has 0 amide bonds. The summed E-state index contributed by atoms with van der Waals surface area (Å²) in [7, 11) is 0. The lowest BCUT2D eigenvalue weighted by atomic mass is 9.94. The second-order valence-corrected chi connectivity index (χ2v) is 5.36. The molecule has 90 valence electrons. The largest absolute Gasteiger partial charge is 0.0683 e. The Morgan fingerprint density at radius 1 is 0.833 bits per heavy atom. The molecule has 3 rings (SSSR count). The molecule has 0 unspecified atom stereocenters. The maximum absolute atomic E-state index is 2.34. The Bertz CT molecular complexity index is 628. The molecule has 2 aromatic rings. The Morgan fingerprint density at radius 3 is 2.28 bits per heavy atom. The topological polar surface area (TPSA) is 0 Å². The van der Waals surface area contributed by atoms with Gasteiger partial charge in [0, 0.05) is 0 Å². The zero-order valence-electron chi connectivity index (χ0n) is 11.2. The molecule has 2 aromatic carbocycles. The molecule has 0 radical (unpaired) electrons. The highest BCUT2D eigenvalue weighted by atomic mass is 14.2. The summed E-state index contributed by atoms with van der Waals surface area (Å²) in [5.74, 6) is 0. The van der Waals surface area contributed by atoms with Crippen molar-refractivity contribution in [1.29, 1.82) is 0 Å². The summed E-state index contributed by atoms with van der Waals surface area (Å²) in [6.45, 7) is 6.57. The van der Waals surface area contributed by atoms with Gasteiger partial charge in [-0.05, 0) is 55.0 Å². The molecular formula is C18H18. The fourth-order valence-electron chi connectivity index (χ4n) is 2.73. The summed E-state index contributed by atoms with van der Waals surface area (Å²) in [6, 6.07) is 13.3. The standard InChI is InChI=1S/C18H18/c1-12-4-7-15(8-5-12)16-9-6-14(3)17-10-13(2)11-18(16)17/h4-9,11H,10H2,1-3H3. The van der Waals surface area contributed by atoms with Gasteiger partial charge in [0.1, 0.15) is 0 Å². The highest BCUT2D eigenvalue weighted by Crippen LogP contribution is 2.35. The number of fused-ring (bicyclic) bond motifs is 1.